The summed E-state index contributed by atoms with van der Waals surface area (Å²) in [7, 11) is 0. The van der Waals surface area contributed by atoms with Gasteiger partial charge in [0.1, 0.15) is 12.4 Å². The van der Waals surface area contributed by atoms with E-state index in [4.69, 9.17) is 14.2 Å². The fraction of sp³-hybridized carbons (Fsp3) is 0.556. The van der Waals surface area contributed by atoms with Crippen molar-refractivity contribution in [3.63, 3.8) is 0 Å². The number of amides is 1. The number of ether oxygens (including phenoxy) is 3. The molecule has 2 fully saturated rings. The largest absolute Gasteiger partial charge is 0.491 e. The van der Waals surface area contributed by atoms with Crippen molar-refractivity contribution in [3.05, 3.63) is 29.8 Å². The lowest BCUT2D eigenvalue weighted by molar-refractivity contribution is -0.129. The SMILES string of the molecule is C[C@H](OC(=O)c1ccc(OC[C@H]2CCCO2)cc1)C(=O)NC1CC1. The molecule has 2 atom stereocenters. The van der Waals surface area contributed by atoms with Crippen LogP contribution in [0.3, 0.4) is 0 Å². The van der Waals surface area contributed by atoms with E-state index in [-0.39, 0.29) is 18.1 Å². The highest BCUT2D eigenvalue weighted by atomic mass is 16.5. The van der Waals surface area contributed by atoms with Crippen LogP contribution in [-0.2, 0) is 14.3 Å². The summed E-state index contributed by atoms with van der Waals surface area (Å²) in [5.74, 6) is -0.0805. The molecular formula is C18H23NO5. The average molecular weight is 333 g/mol. The fourth-order valence-electron chi connectivity index (χ4n) is 2.48. The fourth-order valence-corrected chi connectivity index (χ4v) is 2.48. The Labute approximate surface area is 141 Å². The van der Waals surface area contributed by atoms with E-state index in [1.165, 1.54) is 0 Å². The smallest absolute Gasteiger partial charge is 0.338 e. The first-order valence-electron chi connectivity index (χ1n) is 8.47. The molecular weight excluding hydrogens is 310 g/mol. The van der Waals surface area contributed by atoms with Crippen LogP contribution >= 0.6 is 0 Å². The van der Waals surface area contributed by atoms with Gasteiger partial charge in [0.2, 0.25) is 0 Å². The van der Waals surface area contributed by atoms with E-state index in [2.05, 4.69) is 5.32 Å². The molecule has 2 aliphatic rings. The van der Waals surface area contributed by atoms with Gasteiger partial charge < -0.3 is 19.5 Å². The highest BCUT2D eigenvalue weighted by Crippen LogP contribution is 2.19. The molecule has 130 valence electrons. The van der Waals surface area contributed by atoms with Crippen LogP contribution in [0.1, 0.15) is 43.0 Å². The third-order valence-corrected chi connectivity index (χ3v) is 4.13. The minimum Gasteiger partial charge on any atom is -0.491 e. The Balaban J connectivity index is 1.46. The third-order valence-electron chi connectivity index (χ3n) is 4.13. The predicted octanol–water partition coefficient (Wildman–Crippen LogP) is 2.07. The number of nitrogens with one attached hydrogen (secondary N) is 1. The van der Waals surface area contributed by atoms with Crippen molar-refractivity contribution >= 4 is 11.9 Å². The van der Waals surface area contributed by atoms with Gasteiger partial charge in [-0.15, -0.1) is 0 Å². The molecule has 0 unspecified atom stereocenters. The van der Waals surface area contributed by atoms with E-state index in [0.717, 1.165) is 32.3 Å². The Morgan fingerprint density at radius 2 is 2.00 bits per heavy atom. The molecule has 1 heterocycles. The Morgan fingerprint density at radius 3 is 2.62 bits per heavy atom. The lowest BCUT2D eigenvalue weighted by Gasteiger charge is -2.14. The molecule has 0 bridgehead atoms. The van der Waals surface area contributed by atoms with E-state index in [1.807, 2.05) is 0 Å². The molecule has 6 heteroatoms. The second kappa shape index (κ2) is 7.66. The predicted molar refractivity (Wildman–Crippen MR) is 87.0 cm³/mol. The minimum absolute atomic E-state index is 0.153. The summed E-state index contributed by atoms with van der Waals surface area (Å²) in [5.41, 5.74) is 0.394. The Hall–Kier alpha value is -2.08. The van der Waals surface area contributed by atoms with Gasteiger partial charge in [0.25, 0.3) is 5.91 Å². The highest BCUT2D eigenvalue weighted by Gasteiger charge is 2.27. The molecule has 3 rings (SSSR count). The van der Waals surface area contributed by atoms with Gasteiger partial charge >= 0.3 is 5.97 Å². The summed E-state index contributed by atoms with van der Waals surface area (Å²) >= 11 is 0. The normalized spacial score (nSPS) is 21.1. The van der Waals surface area contributed by atoms with Crippen LogP contribution in [0, 0.1) is 0 Å². The molecule has 1 amide bonds. The summed E-state index contributed by atoms with van der Waals surface area (Å²) in [6.07, 6.45) is 3.45. The molecule has 1 saturated carbocycles. The van der Waals surface area contributed by atoms with Crippen LogP contribution in [0.25, 0.3) is 0 Å². The van der Waals surface area contributed by atoms with E-state index < -0.39 is 12.1 Å². The van der Waals surface area contributed by atoms with Gasteiger partial charge in [0, 0.05) is 12.6 Å². The van der Waals surface area contributed by atoms with Gasteiger partial charge in [-0.25, -0.2) is 4.79 Å². The maximum Gasteiger partial charge on any atom is 0.338 e. The van der Waals surface area contributed by atoms with Crippen LogP contribution < -0.4 is 10.1 Å². The zero-order chi connectivity index (χ0) is 16.9. The number of hydrogen-bond donors (Lipinski definition) is 1. The second-order valence-electron chi connectivity index (χ2n) is 6.30. The topological polar surface area (TPSA) is 73.9 Å². The van der Waals surface area contributed by atoms with Crippen LogP contribution in [0.4, 0.5) is 0 Å². The lowest BCUT2D eigenvalue weighted by Crippen LogP contribution is -2.37. The molecule has 1 aromatic carbocycles. The second-order valence-corrected chi connectivity index (χ2v) is 6.30. The molecule has 0 radical (unpaired) electrons. The standard InChI is InChI=1S/C18H23NO5/c1-12(17(20)19-14-6-7-14)24-18(21)13-4-8-15(9-5-13)23-11-16-3-2-10-22-16/h4-5,8-9,12,14,16H,2-3,6-7,10-11H2,1H3,(H,19,20)/t12-,16+/m0/s1. The molecule has 1 saturated heterocycles. The Kier molecular flexibility index (Phi) is 5.35. The molecule has 1 aliphatic heterocycles. The highest BCUT2D eigenvalue weighted by molar-refractivity contribution is 5.92. The van der Waals surface area contributed by atoms with Crippen molar-refractivity contribution < 1.29 is 23.8 Å². The maximum atomic E-state index is 12.1. The zero-order valence-electron chi connectivity index (χ0n) is 13.8. The van der Waals surface area contributed by atoms with Gasteiger partial charge in [0.05, 0.1) is 11.7 Å². The van der Waals surface area contributed by atoms with Crippen molar-refractivity contribution in [2.45, 2.75) is 50.9 Å². The molecule has 0 aromatic heterocycles. The van der Waals surface area contributed by atoms with Crippen LogP contribution in [0.2, 0.25) is 0 Å². The van der Waals surface area contributed by atoms with Crippen LogP contribution in [-0.4, -0.2) is 43.3 Å². The number of carbonyl (C=O) groups is 2. The van der Waals surface area contributed by atoms with Crippen molar-refractivity contribution in [1.82, 2.24) is 5.32 Å². The van der Waals surface area contributed by atoms with Gasteiger partial charge in [0.15, 0.2) is 6.10 Å². The first-order valence-corrected chi connectivity index (χ1v) is 8.47. The van der Waals surface area contributed by atoms with Gasteiger partial charge in [-0.05, 0) is 56.9 Å². The summed E-state index contributed by atoms with van der Waals surface area (Å²) in [4.78, 5) is 23.9. The molecule has 0 spiro atoms. The van der Waals surface area contributed by atoms with Crippen molar-refractivity contribution in [1.29, 1.82) is 0 Å². The quantitative estimate of drug-likeness (QED) is 0.773. The number of esters is 1. The van der Waals surface area contributed by atoms with Crippen molar-refractivity contribution in [2.24, 2.45) is 0 Å². The number of carbonyl (C=O) groups excluding carboxylic acids is 2. The van der Waals surface area contributed by atoms with E-state index in [0.29, 0.717) is 17.9 Å². The lowest BCUT2D eigenvalue weighted by atomic mass is 10.2. The number of hydrogen-bond acceptors (Lipinski definition) is 5. The minimum atomic E-state index is -0.798. The monoisotopic (exact) mass is 333 g/mol. The van der Waals surface area contributed by atoms with Gasteiger partial charge in [-0.2, -0.15) is 0 Å². The summed E-state index contributed by atoms with van der Waals surface area (Å²) in [5, 5.41) is 2.81. The summed E-state index contributed by atoms with van der Waals surface area (Å²) in [6.45, 7) is 2.89. The van der Waals surface area contributed by atoms with Crippen molar-refractivity contribution in [2.75, 3.05) is 13.2 Å². The molecule has 24 heavy (non-hydrogen) atoms. The average Bonchev–Trinajstić information content (AvgIpc) is 3.24. The molecule has 1 aliphatic carbocycles. The Morgan fingerprint density at radius 1 is 1.25 bits per heavy atom. The van der Waals surface area contributed by atoms with Crippen molar-refractivity contribution in [3.8, 4) is 5.75 Å². The van der Waals surface area contributed by atoms with Crippen LogP contribution in [0.5, 0.6) is 5.75 Å². The van der Waals surface area contributed by atoms with Gasteiger partial charge in [-0.3, -0.25) is 4.79 Å². The first kappa shape index (κ1) is 16.8. The maximum absolute atomic E-state index is 12.1. The molecule has 1 aromatic rings. The number of benzene rings is 1. The first-order chi connectivity index (χ1) is 11.6. The van der Waals surface area contributed by atoms with E-state index >= 15 is 0 Å². The summed E-state index contributed by atoms with van der Waals surface area (Å²) < 4.78 is 16.3. The van der Waals surface area contributed by atoms with E-state index in [9.17, 15) is 9.59 Å². The third kappa shape index (κ3) is 4.71. The molecule has 1 N–H and O–H groups in total. The summed E-state index contributed by atoms with van der Waals surface area (Å²) in [6, 6.07) is 6.97. The Bertz CT molecular complexity index is 576. The van der Waals surface area contributed by atoms with E-state index in [1.54, 1.807) is 31.2 Å². The van der Waals surface area contributed by atoms with Crippen LogP contribution in [0.15, 0.2) is 24.3 Å². The molecule has 6 nitrogen and oxygen atoms in total. The van der Waals surface area contributed by atoms with Gasteiger partial charge in [-0.1, -0.05) is 0 Å². The number of rotatable bonds is 7. The zero-order valence-corrected chi connectivity index (χ0v) is 13.8.